The molecule has 1 aliphatic heterocycles. The average Bonchev–Trinajstić information content (AvgIpc) is 3.84. The van der Waals surface area contributed by atoms with Crippen molar-refractivity contribution in [1.82, 2.24) is 34.8 Å². The van der Waals surface area contributed by atoms with E-state index in [-0.39, 0.29) is 35.4 Å². The van der Waals surface area contributed by atoms with Crippen LogP contribution >= 0.6 is 0 Å². The van der Waals surface area contributed by atoms with Gasteiger partial charge < -0.3 is 14.8 Å². The predicted molar refractivity (Wildman–Crippen MR) is 203 cm³/mol. The molecule has 3 aromatic carbocycles. The van der Waals surface area contributed by atoms with E-state index in [1.54, 1.807) is 35.0 Å². The van der Waals surface area contributed by atoms with Crippen molar-refractivity contribution in [3.05, 3.63) is 126 Å². The second kappa shape index (κ2) is 14.0. The molecular weight excluding hydrogens is 689 g/mol. The fraction of sp³-hybridized carbons (Fsp3) is 0.275. The number of hydrogen-bond acceptors (Lipinski definition) is 7. The van der Waals surface area contributed by atoms with Gasteiger partial charge in [0.2, 0.25) is 15.9 Å². The van der Waals surface area contributed by atoms with E-state index in [4.69, 9.17) is 0 Å². The third-order valence-corrected chi connectivity index (χ3v) is 12.1. The van der Waals surface area contributed by atoms with Gasteiger partial charge in [0.25, 0.3) is 5.91 Å². The highest BCUT2D eigenvalue weighted by molar-refractivity contribution is 7.93. The number of fused-ring (bicyclic) bond motifs is 1. The Kier molecular flexibility index (Phi) is 9.03. The Morgan fingerprint density at radius 1 is 0.925 bits per heavy atom. The second-order valence-electron chi connectivity index (χ2n) is 14.2. The van der Waals surface area contributed by atoms with Crippen molar-refractivity contribution in [2.75, 3.05) is 23.7 Å². The SMILES string of the molecule is CC1CN(c2cccc(CN(C)C(=O)C3CC(NC(=O)c4cncc(-n5cc(Cn6c(-c7ccccc7)cc7ccccc76)nn5)c4)C3)c2)S(=O)(=O)C1. The summed E-state index contributed by atoms with van der Waals surface area (Å²) in [5, 5.41) is 13.0. The monoisotopic (exact) mass is 728 g/mol. The van der Waals surface area contributed by atoms with Gasteiger partial charge in [-0.05, 0) is 60.2 Å². The van der Waals surface area contributed by atoms with Crippen LogP contribution in [0.4, 0.5) is 5.69 Å². The van der Waals surface area contributed by atoms with Crippen molar-refractivity contribution in [2.24, 2.45) is 11.8 Å². The van der Waals surface area contributed by atoms with E-state index in [0.717, 1.165) is 33.4 Å². The number of hydrogen-bond donors (Lipinski definition) is 1. The van der Waals surface area contributed by atoms with Crippen LogP contribution in [0.15, 0.2) is 110 Å². The topological polar surface area (TPSA) is 135 Å². The minimum atomic E-state index is -3.33. The van der Waals surface area contributed by atoms with Gasteiger partial charge in [0.15, 0.2) is 0 Å². The first-order chi connectivity index (χ1) is 25.6. The number of carbonyl (C=O) groups excluding carboxylic acids is 2. The zero-order valence-corrected chi connectivity index (χ0v) is 30.4. The van der Waals surface area contributed by atoms with Crippen LogP contribution in [0.25, 0.3) is 27.8 Å². The van der Waals surface area contributed by atoms with E-state index in [1.807, 2.05) is 61.7 Å². The van der Waals surface area contributed by atoms with E-state index in [1.165, 1.54) is 10.5 Å². The number of carbonyl (C=O) groups is 2. The molecule has 2 amide bonds. The van der Waals surface area contributed by atoms with Gasteiger partial charge in [0.1, 0.15) is 5.69 Å². The van der Waals surface area contributed by atoms with Crippen molar-refractivity contribution in [1.29, 1.82) is 0 Å². The fourth-order valence-corrected chi connectivity index (χ4v) is 9.33. The van der Waals surface area contributed by atoms with E-state index in [9.17, 15) is 18.0 Å². The van der Waals surface area contributed by atoms with Crippen molar-refractivity contribution in [3.63, 3.8) is 0 Å². The number of nitrogens with one attached hydrogen (secondary N) is 1. The number of sulfonamides is 1. The smallest absolute Gasteiger partial charge is 0.253 e. The number of amides is 2. The molecule has 1 unspecified atom stereocenters. The highest BCUT2D eigenvalue weighted by Crippen LogP contribution is 2.32. The molecule has 1 aliphatic carbocycles. The maximum atomic E-state index is 13.3. The van der Waals surface area contributed by atoms with Crippen molar-refractivity contribution in [3.8, 4) is 16.9 Å². The summed E-state index contributed by atoms with van der Waals surface area (Å²) in [5.41, 5.74) is 6.56. The van der Waals surface area contributed by atoms with Crippen LogP contribution in [0.2, 0.25) is 0 Å². The summed E-state index contributed by atoms with van der Waals surface area (Å²) in [7, 11) is -1.57. The zero-order valence-electron chi connectivity index (χ0n) is 29.5. The molecule has 13 heteroatoms. The van der Waals surface area contributed by atoms with Gasteiger partial charge in [-0.3, -0.25) is 18.9 Å². The minimum Gasteiger partial charge on any atom is -0.349 e. The fourth-order valence-electron chi connectivity index (χ4n) is 7.41. The summed E-state index contributed by atoms with van der Waals surface area (Å²) in [6.07, 6.45) is 6.09. The normalized spacial score (nSPS) is 19.2. The molecule has 8 rings (SSSR count). The average molecular weight is 729 g/mol. The maximum absolute atomic E-state index is 13.3. The number of anilines is 1. The van der Waals surface area contributed by atoms with E-state index >= 15 is 0 Å². The molecule has 3 aromatic heterocycles. The number of pyridine rings is 1. The Labute approximate surface area is 308 Å². The zero-order chi connectivity index (χ0) is 36.7. The quantitative estimate of drug-likeness (QED) is 0.203. The molecule has 53 heavy (non-hydrogen) atoms. The van der Waals surface area contributed by atoms with Crippen molar-refractivity contribution >= 4 is 38.4 Å². The number of rotatable bonds is 10. The summed E-state index contributed by atoms with van der Waals surface area (Å²) in [6, 6.07) is 29.7. The number of nitrogens with zero attached hydrogens (tertiary/aromatic N) is 7. The molecule has 0 spiro atoms. The first kappa shape index (κ1) is 34.3. The Morgan fingerprint density at radius 2 is 1.72 bits per heavy atom. The molecule has 1 atom stereocenters. The van der Waals surface area contributed by atoms with Crippen LogP contribution in [0.5, 0.6) is 0 Å². The van der Waals surface area contributed by atoms with Crippen LogP contribution in [0.1, 0.15) is 41.4 Å². The molecule has 6 aromatic rings. The number of benzene rings is 3. The second-order valence-corrected chi connectivity index (χ2v) is 16.2. The van der Waals surface area contributed by atoms with Crippen LogP contribution in [-0.4, -0.2) is 75.1 Å². The predicted octanol–water partition coefficient (Wildman–Crippen LogP) is 5.29. The summed E-state index contributed by atoms with van der Waals surface area (Å²) in [6.45, 7) is 3.26. The molecule has 2 aliphatic rings. The Bertz CT molecular complexity index is 2420. The first-order valence-electron chi connectivity index (χ1n) is 17.8. The van der Waals surface area contributed by atoms with Crippen LogP contribution in [-0.2, 0) is 27.9 Å². The Morgan fingerprint density at radius 3 is 2.51 bits per heavy atom. The molecule has 0 radical (unpaired) electrons. The lowest BCUT2D eigenvalue weighted by molar-refractivity contribution is -0.138. The molecule has 1 saturated heterocycles. The van der Waals surface area contributed by atoms with Gasteiger partial charge in [-0.25, -0.2) is 13.1 Å². The number of aromatic nitrogens is 5. The Balaban J connectivity index is 0.876. The molecule has 0 bridgehead atoms. The molecule has 1 saturated carbocycles. The number of para-hydroxylation sites is 1. The summed E-state index contributed by atoms with van der Waals surface area (Å²) < 4.78 is 30.5. The lowest BCUT2D eigenvalue weighted by atomic mass is 9.79. The molecule has 12 nitrogen and oxygen atoms in total. The third kappa shape index (κ3) is 7.04. The van der Waals surface area contributed by atoms with Crippen molar-refractivity contribution in [2.45, 2.75) is 38.9 Å². The van der Waals surface area contributed by atoms with Gasteiger partial charge in [-0.2, -0.15) is 0 Å². The lowest BCUT2D eigenvalue weighted by Gasteiger charge is -2.37. The van der Waals surface area contributed by atoms with Crippen LogP contribution < -0.4 is 9.62 Å². The van der Waals surface area contributed by atoms with Crippen molar-refractivity contribution < 1.29 is 18.0 Å². The standard InChI is InChI=1S/C40H40N8O4S/c1-27-22-48(53(51,52)26-27)35-13-8-9-28(15-35)23-45(2)40(50)31-16-33(17-31)42-39(49)32-18-36(21-41-20-32)47-25-34(43-44-47)24-46-37-14-7-6-12-30(37)19-38(46)29-10-4-3-5-11-29/h3-15,18-21,25,27,31,33H,16-17,22-24,26H2,1-2H3,(H,42,49). The third-order valence-electron chi connectivity index (χ3n) is 10.1. The Hall–Kier alpha value is -5.82. The minimum absolute atomic E-state index is 0.00207. The summed E-state index contributed by atoms with van der Waals surface area (Å²) >= 11 is 0. The van der Waals surface area contributed by atoms with E-state index < -0.39 is 10.0 Å². The summed E-state index contributed by atoms with van der Waals surface area (Å²) in [4.78, 5) is 32.5. The highest BCUT2D eigenvalue weighted by atomic mass is 32.2. The van der Waals surface area contributed by atoms with Crippen LogP contribution in [0, 0.1) is 11.8 Å². The van der Waals surface area contributed by atoms with E-state index in [2.05, 4.69) is 55.5 Å². The maximum Gasteiger partial charge on any atom is 0.253 e. The molecule has 4 heterocycles. The van der Waals surface area contributed by atoms with Crippen LogP contribution in [0.3, 0.4) is 0 Å². The largest absolute Gasteiger partial charge is 0.349 e. The van der Waals surface area contributed by atoms with Gasteiger partial charge >= 0.3 is 0 Å². The highest BCUT2D eigenvalue weighted by Gasteiger charge is 2.37. The molecule has 270 valence electrons. The van der Waals surface area contributed by atoms with E-state index in [0.29, 0.717) is 49.4 Å². The summed E-state index contributed by atoms with van der Waals surface area (Å²) in [5.74, 6) is -0.259. The van der Waals surface area contributed by atoms with Gasteiger partial charge in [-0.1, -0.05) is 72.8 Å². The first-order valence-corrected chi connectivity index (χ1v) is 19.4. The molecule has 1 N–H and O–H groups in total. The molecule has 2 fully saturated rings. The van der Waals surface area contributed by atoms with Gasteiger partial charge in [0, 0.05) is 54.9 Å². The lowest BCUT2D eigenvalue weighted by Crippen LogP contribution is -2.49. The van der Waals surface area contributed by atoms with Gasteiger partial charge in [-0.15, -0.1) is 5.10 Å². The van der Waals surface area contributed by atoms with Gasteiger partial charge in [0.05, 0.1) is 41.6 Å². The molecular formula is C40H40N8O4S.